The van der Waals surface area contributed by atoms with Crippen LogP contribution in [0.25, 0.3) is 22.3 Å². The zero-order chi connectivity index (χ0) is 16.9. The van der Waals surface area contributed by atoms with Crippen LogP contribution in [0.1, 0.15) is 0 Å². The zero-order valence-electron chi connectivity index (χ0n) is 13.7. The number of anilines is 2. The van der Waals surface area contributed by atoms with Gasteiger partial charge in [0.25, 0.3) is 0 Å². The second kappa shape index (κ2) is 7.46. The van der Waals surface area contributed by atoms with Gasteiger partial charge in [-0.1, -0.05) is 24.1 Å². The van der Waals surface area contributed by atoms with Gasteiger partial charge in [-0.2, -0.15) is 0 Å². The number of aromatic nitrogens is 3. The van der Waals surface area contributed by atoms with E-state index in [9.17, 15) is 0 Å². The Morgan fingerprint density at radius 1 is 1.12 bits per heavy atom. The first-order valence-corrected chi connectivity index (χ1v) is 8.69. The van der Waals surface area contributed by atoms with E-state index in [1.165, 1.54) is 11.9 Å². The molecule has 0 unspecified atom stereocenters. The molecule has 0 aliphatic heterocycles. The van der Waals surface area contributed by atoms with Crippen molar-refractivity contribution in [2.45, 2.75) is 0 Å². The van der Waals surface area contributed by atoms with Gasteiger partial charge in [0.1, 0.15) is 5.52 Å². The van der Waals surface area contributed by atoms with E-state index in [1.54, 1.807) is 12.4 Å². The van der Waals surface area contributed by atoms with Gasteiger partial charge in [-0.3, -0.25) is 10.1 Å². The molecule has 0 fully saturated rings. The van der Waals surface area contributed by atoms with Gasteiger partial charge in [-0.15, -0.1) is 0 Å². The summed E-state index contributed by atoms with van der Waals surface area (Å²) in [6.07, 6.45) is 3.37. The van der Waals surface area contributed by atoms with Crippen molar-refractivity contribution in [3.05, 3.63) is 42.7 Å². The Labute approximate surface area is 145 Å². The average Bonchev–Trinajstić information content (AvgIpc) is 2.62. The molecule has 3 rings (SSSR count). The predicted molar refractivity (Wildman–Crippen MR) is 102 cm³/mol. The Bertz CT molecular complexity index is 819. The second-order valence-corrected chi connectivity index (χ2v) is 6.26. The van der Waals surface area contributed by atoms with Gasteiger partial charge in [0.15, 0.2) is 5.82 Å². The number of nitrogens with one attached hydrogen (secondary N) is 1. The van der Waals surface area contributed by atoms with Gasteiger partial charge in [-0.05, 0) is 18.2 Å². The average molecular weight is 340 g/mol. The molecule has 0 amide bonds. The highest BCUT2D eigenvalue weighted by molar-refractivity contribution is 7.97. The Hall–Kier alpha value is -2.38. The van der Waals surface area contributed by atoms with Crippen LogP contribution in [0.4, 0.5) is 11.5 Å². The lowest BCUT2D eigenvalue weighted by Gasteiger charge is -2.13. The molecule has 0 saturated carbocycles. The molecule has 0 aliphatic rings. The number of hydrogen-bond donors (Lipinski definition) is 2. The van der Waals surface area contributed by atoms with Crippen molar-refractivity contribution in [1.29, 1.82) is 0 Å². The largest absolute Gasteiger partial charge is 0.378 e. The first kappa shape index (κ1) is 16.5. The lowest BCUT2D eigenvalue weighted by molar-refractivity contribution is 1.13. The maximum atomic E-state index is 5.49. The summed E-state index contributed by atoms with van der Waals surface area (Å²) in [7, 11) is 4.05. The molecule has 6 nitrogen and oxygen atoms in total. The molecule has 0 atom stereocenters. The van der Waals surface area contributed by atoms with Crippen molar-refractivity contribution in [3.8, 4) is 11.3 Å². The fourth-order valence-corrected chi connectivity index (χ4v) is 2.62. The maximum Gasteiger partial charge on any atom is 0.154 e. The van der Waals surface area contributed by atoms with E-state index in [0.717, 1.165) is 46.1 Å². The number of benzene rings is 1. The van der Waals surface area contributed by atoms with Gasteiger partial charge in [0.05, 0.1) is 11.2 Å². The molecule has 0 aliphatic carbocycles. The molecule has 0 bridgehead atoms. The summed E-state index contributed by atoms with van der Waals surface area (Å²) in [5.41, 5.74) is 4.66. The van der Waals surface area contributed by atoms with Crippen LogP contribution in [-0.2, 0) is 0 Å². The number of nitrogens with two attached hydrogens (primary N) is 1. The van der Waals surface area contributed by atoms with E-state index in [-0.39, 0.29) is 0 Å². The summed E-state index contributed by atoms with van der Waals surface area (Å²) >= 11 is 1.30. The van der Waals surface area contributed by atoms with Crippen molar-refractivity contribution >= 4 is 34.5 Å². The van der Waals surface area contributed by atoms with Crippen LogP contribution in [0.15, 0.2) is 42.7 Å². The SMILES string of the molecule is CN(C)c1ccc(-c2cc3nccnc3c(NCCSN)n2)cc1. The third kappa shape index (κ3) is 3.58. The first-order chi connectivity index (χ1) is 11.7. The quantitative estimate of drug-likeness (QED) is 0.527. The molecule has 3 N–H and O–H groups in total. The van der Waals surface area contributed by atoms with Gasteiger partial charge >= 0.3 is 0 Å². The smallest absolute Gasteiger partial charge is 0.154 e. The van der Waals surface area contributed by atoms with Crippen molar-refractivity contribution in [1.82, 2.24) is 15.0 Å². The zero-order valence-corrected chi connectivity index (χ0v) is 14.5. The van der Waals surface area contributed by atoms with Crippen molar-refractivity contribution < 1.29 is 0 Å². The highest BCUT2D eigenvalue weighted by atomic mass is 32.2. The van der Waals surface area contributed by atoms with Gasteiger partial charge < -0.3 is 10.2 Å². The lowest BCUT2D eigenvalue weighted by atomic mass is 10.1. The van der Waals surface area contributed by atoms with Crippen LogP contribution in [0.5, 0.6) is 0 Å². The van der Waals surface area contributed by atoms with Gasteiger partial charge in [0, 0.05) is 50.0 Å². The van der Waals surface area contributed by atoms with Crippen LogP contribution < -0.4 is 15.4 Å². The van der Waals surface area contributed by atoms with Crippen LogP contribution in [0, 0.1) is 0 Å². The monoisotopic (exact) mass is 340 g/mol. The summed E-state index contributed by atoms with van der Waals surface area (Å²) in [6, 6.07) is 10.3. The molecule has 7 heteroatoms. The molecule has 3 aromatic rings. The van der Waals surface area contributed by atoms with Crippen LogP contribution in [0.2, 0.25) is 0 Å². The van der Waals surface area contributed by atoms with E-state index in [0.29, 0.717) is 0 Å². The Morgan fingerprint density at radius 2 is 1.88 bits per heavy atom. The molecule has 0 radical (unpaired) electrons. The van der Waals surface area contributed by atoms with E-state index in [1.807, 2.05) is 20.2 Å². The summed E-state index contributed by atoms with van der Waals surface area (Å²) in [4.78, 5) is 15.6. The van der Waals surface area contributed by atoms with Crippen molar-refractivity contribution in [2.75, 3.05) is 36.6 Å². The molecule has 0 saturated heterocycles. The molecule has 2 heterocycles. The molecule has 1 aromatic carbocycles. The minimum atomic E-state index is 0.725. The topological polar surface area (TPSA) is 80.0 Å². The molecule has 124 valence electrons. The Morgan fingerprint density at radius 3 is 2.58 bits per heavy atom. The summed E-state index contributed by atoms with van der Waals surface area (Å²) < 4.78 is 0. The number of rotatable bonds is 6. The summed E-state index contributed by atoms with van der Waals surface area (Å²) in [6.45, 7) is 0.725. The van der Waals surface area contributed by atoms with Gasteiger partial charge in [-0.25, -0.2) is 9.97 Å². The highest BCUT2D eigenvalue weighted by Gasteiger charge is 2.09. The van der Waals surface area contributed by atoms with Crippen LogP contribution in [-0.4, -0.2) is 41.3 Å². The van der Waals surface area contributed by atoms with Crippen molar-refractivity contribution in [2.24, 2.45) is 5.14 Å². The van der Waals surface area contributed by atoms with Crippen LogP contribution in [0.3, 0.4) is 0 Å². The summed E-state index contributed by atoms with van der Waals surface area (Å²) in [5.74, 6) is 1.53. The second-order valence-electron chi connectivity index (χ2n) is 5.52. The minimum absolute atomic E-state index is 0.725. The van der Waals surface area contributed by atoms with E-state index < -0.39 is 0 Å². The number of nitrogens with zero attached hydrogens (tertiary/aromatic N) is 4. The third-order valence-electron chi connectivity index (χ3n) is 3.65. The lowest BCUT2D eigenvalue weighted by Crippen LogP contribution is -2.09. The number of hydrogen-bond acceptors (Lipinski definition) is 7. The number of pyridine rings is 1. The third-order valence-corrected chi connectivity index (χ3v) is 4.09. The normalized spacial score (nSPS) is 10.8. The number of fused-ring (bicyclic) bond motifs is 1. The fraction of sp³-hybridized carbons (Fsp3) is 0.235. The van der Waals surface area contributed by atoms with E-state index in [4.69, 9.17) is 10.1 Å². The Balaban J connectivity index is 2.01. The molecule has 2 aromatic heterocycles. The maximum absolute atomic E-state index is 5.49. The molecule has 24 heavy (non-hydrogen) atoms. The standard InChI is InChI=1S/C17H20N6S/c1-23(2)13-5-3-12(4-6-13)14-11-15-16(20-8-7-19-15)17(22-14)21-9-10-24-18/h3-8,11H,9-10,18H2,1-2H3,(H,21,22). The molecular formula is C17H20N6S. The highest BCUT2D eigenvalue weighted by Crippen LogP contribution is 2.26. The predicted octanol–water partition coefficient (Wildman–Crippen LogP) is 2.78. The van der Waals surface area contributed by atoms with E-state index >= 15 is 0 Å². The van der Waals surface area contributed by atoms with Crippen LogP contribution >= 0.6 is 11.9 Å². The minimum Gasteiger partial charge on any atom is -0.378 e. The van der Waals surface area contributed by atoms with Gasteiger partial charge in [0.2, 0.25) is 0 Å². The van der Waals surface area contributed by atoms with Crippen molar-refractivity contribution in [3.63, 3.8) is 0 Å². The van der Waals surface area contributed by atoms with E-state index in [2.05, 4.69) is 44.5 Å². The molecular weight excluding hydrogens is 320 g/mol. The fourth-order valence-electron chi connectivity index (χ4n) is 2.40. The molecule has 0 spiro atoms. The summed E-state index contributed by atoms with van der Waals surface area (Å²) in [5, 5.41) is 8.79. The Kier molecular flexibility index (Phi) is 5.12. The first-order valence-electron chi connectivity index (χ1n) is 7.64.